The van der Waals surface area contributed by atoms with E-state index >= 15 is 0 Å². The van der Waals surface area contributed by atoms with Crippen molar-refractivity contribution in [2.75, 3.05) is 12.3 Å². The van der Waals surface area contributed by atoms with E-state index in [4.69, 9.17) is 17.2 Å². The molecule has 12 N–H and O–H groups in total. The van der Waals surface area contributed by atoms with Crippen LogP contribution in [0, 0.1) is 0 Å². The van der Waals surface area contributed by atoms with Crippen molar-refractivity contribution in [2.45, 2.75) is 49.9 Å². The number of carbonyl (C=O) groups is 5. The van der Waals surface area contributed by atoms with Crippen LogP contribution in [0.1, 0.15) is 25.0 Å². The summed E-state index contributed by atoms with van der Waals surface area (Å²) in [6.45, 7) is 0.112. The number of nitrogens with one attached hydrogen (secondary N) is 4. The largest absolute Gasteiger partial charge is 0.481 e. The number of amides is 3. The number of imidazole rings is 1. The topological polar surface area (TPSA) is 281 Å². The number of guanidine groups is 1. The molecule has 0 spiro atoms. The van der Waals surface area contributed by atoms with Gasteiger partial charge in [0.15, 0.2) is 5.96 Å². The molecule has 0 radical (unpaired) electrons. The lowest BCUT2D eigenvalue weighted by molar-refractivity contribution is -0.143. The van der Waals surface area contributed by atoms with Gasteiger partial charge in [0.1, 0.15) is 18.1 Å². The lowest BCUT2D eigenvalue weighted by atomic mass is 10.1. The second-order valence-electron chi connectivity index (χ2n) is 7.64. The number of nitrogens with two attached hydrogens (primary N) is 3. The first-order valence-corrected chi connectivity index (χ1v) is 11.3. The molecular formula is C19H31N9O7S. The fraction of sp³-hybridized carbons (Fsp3) is 0.526. The Hall–Kier alpha value is -3.86. The van der Waals surface area contributed by atoms with Crippen LogP contribution < -0.4 is 33.2 Å². The minimum Gasteiger partial charge on any atom is -0.481 e. The molecule has 1 aromatic rings. The van der Waals surface area contributed by atoms with Crippen LogP contribution in [0.4, 0.5) is 0 Å². The fourth-order valence-electron chi connectivity index (χ4n) is 2.88. The van der Waals surface area contributed by atoms with E-state index in [1.54, 1.807) is 0 Å². The molecule has 200 valence electrons. The number of aliphatic carboxylic acids is 2. The lowest BCUT2D eigenvalue weighted by Gasteiger charge is -2.24. The van der Waals surface area contributed by atoms with Gasteiger partial charge in [-0.3, -0.25) is 24.2 Å². The molecule has 4 atom stereocenters. The Morgan fingerprint density at radius 2 is 1.64 bits per heavy atom. The first-order chi connectivity index (χ1) is 16.9. The summed E-state index contributed by atoms with van der Waals surface area (Å²) in [6, 6.07) is -5.33. The van der Waals surface area contributed by atoms with Crippen LogP contribution in [0.15, 0.2) is 17.5 Å². The normalized spacial score (nSPS) is 13.9. The van der Waals surface area contributed by atoms with Crippen LogP contribution in [0.5, 0.6) is 0 Å². The van der Waals surface area contributed by atoms with Crippen LogP contribution in [-0.4, -0.2) is 92.3 Å². The van der Waals surface area contributed by atoms with Crippen LogP contribution >= 0.6 is 12.6 Å². The van der Waals surface area contributed by atoms with Crippen molar-refractivity contribution >= 4 is 48.2 Å². The molecule has 17 heteroatoms. The zero-order valence-electron chi connectivity index (χ0n) is 19.2. The third kappa shape index (κ3) is 11.0. The maximum atomic E-state index is 13.0. The van der Waals surface area contributed by atoms with E-state index in [2.05, 4.69) is 43.5 Å². The van der Waals surface area contributed by atoms with Crippen molar-refractivity contribution in [1.29, 1.82) is 0 Å². The number of carbonyl (C=O) groups excluding carboxylic acids is 3. The Bertz CT molecular complexity index is 938. The molecule has 1 rings (SSSR count). The van der Waals surface area contributed by atoms with Crippen molar-refractivity contribution in [1.82, 2.24) is 25.9 Å². The van der Waals surface area contributed by atoms with E-state index in [0.29, 0.717) is 5.69 Å². The van der Waals surface area contributed by atoms with Crippen molar-refractivity contribution in [2.24, 2.45) is 22.2 Å². The van der Waals surface area contributed by atoms with Gasteiger partial charge in [-0.25, -0.2) is 9.78 Å². The monoisotopic (exact) mass is 529 g/mol. The number of aromatic amines is 1. The van der Waals surface area contributed by atoms with Crippen LogP contribution in [0.25, 0.3) is 0 Å². The summed E-state index contributed by atoms with van der Waals surface area (Å²) in [5, 5.41) is 25.5. The predicted octanol–water partition coefficient (Wildman–Crippen LogP) is -3.72. The highest BCUT2D eigenvalue weighted by atomic mass is 32.1. The zero-order chi connectivity index (χ0) is 27.3. The van der Waals surface area contributed by atoms with E-state index in [0.717, 1.165) is 0 Å². The summed E-state index contributed by atoms with van der Waals surface area (Å²) in [5.41, 5.74) is 16.5. The van der Waals surface area contributed by atoms with Gasteiger partial charge in [0.05, 0.1) is 18.8 Å². The van der Waals surface area contributed by atoms with E-state index in [1.165, 1.54) is 12.5 Å². The molecule has 0 aliphatic rings. The summed E-state index contributed by atoms with van der Waals surface area (Å²) < 4.78 is 0. The van der Waals surface area contributed by atoms with Crippen LogP contribution in [-0.2, 0) is 30.4 Å². The van der Waals surface area contributed by atoms with Gasteiger partial charge in [0.25, 0.3) is 0 Å². The summed E-state index contributed by atoms with van der Waals surface area (Å²) in [4.78, 5) is 71.1. The van der Waals surface area contributed by atoms with Crippen molar-refractivity contribution in [3.8, 4) is 0 Å². The molecular weight excluding hydrogens is 498 g/mol. The average Bonchev–Trinajstić information content (AvgIpc) is 3.31. The van der Waals surface area contributed by atoms with E-state index in [-0.39, 0.29) is 37.5 Å². The average molecular weight is 530 g/mol. The highest BCUT2D eigenvalue weighted by Crippen LogP contribution is 2.04. The Balaban J connectivity index is 2.99. The zero-order valence-corrected chi connectivity index (χ0v) is 20.1. The minimum absolute atomic E-state index is 0.00592. The van der Waals surface area contributed by atoms with Gasteiger partial charge in [0, 0.05) is 30.6 Å². The van der Waals surface area contributed by atoms with Crippen molar-refractivity contribution in [3.05, 3.63) is 18.2 Å². The third-order valence-electron chi connectivity index (χ3n) is 4.72. The number of thiol groups is 1. The predicted molar refractivity (Wildman–Crippen MR) is 130 cm³/mol. The molecule has 1 heterocycles. The maximum absolute atomic E-state index is 13.0. The molecule has 0 aromatic carbocycles. The Morgan fingerprint density at radius 3 is 2.17 bits per heavy atom. The Labute approximate surface area is 211 Å². The number of hydrogen-bond donors (Lipinski definition) is 10. The number of carboxylic acid groups (broad SMARTS) is 2. The van der Waals surface area contributed by atoms with Gasteiger partial charge in [0.2, 0.25) is 17.7 Å². The van der Waals surface area contributed by atoms with Gasteiger partial charge in [-0.15, -0.1) is 0 Å². The van der Waals surface area contributed by atoms with E-state index in [1.807, 2.05) is 0 Å². The molecule has 0 unspecified atom stereocenters. The Morgan fingerprint density at radius 1 is 1.03 bits per heavy atom. The highest BCUT2D eigenvalue weighted by Gasteiger charge is 2.31. The molecule has 0 saturated heterocycles. The SMILES string of the molecule is NC(N)=NCCC[C@H](NC(=O)[C@H](CC(=O)O)NC(=O)[C@H](Cc1cnc[nH]1)NC(=O)[C@@H](N)CS)C(=O)O. The lowest BCUT2D eigenvalue weighted by Crippen LogP contribution is -2.58. The number of aromatic nitrogens is 2. The van der Waals surface area contributed by atoms with E-state index in [9.17, 15) is 34.2 Å². The molecule has 36 heavy (non-hydrogen) atoms. The van der Waals surface area contributed by atoms with Gasteiger partial charge in [-0.2, -0.15) is 12.6 Å². The molecule has 1 aromatic heterocycles. The van der Waals surface area contributed by atoms with Gasteiger partial charge in [-0.05, 0) is 12.8 Å². The molecule has 3 amide bonds. The van der Waals surface area contributed by atoms with E-state index < -0.39 is 60.2 Å². The minimum atomic E-state index is -1.64. The quantitative estimate of drug-likeness (QED) is 0.0430. The molecule has 0 aliphatic heterocycles. The number of aliphatic imine (C=N–C) groups is 1. The number of hydrogen-bond acceptors (Lipinski definition) is 9. The van der Waals surface area contributed by atoms with Gasteiger partial charge in [-0.1, -0.05) is 0 Å². The summed E-state index contributed by atoms with van der Waals surface area (Å²) in [6.07, 6.45) is 1.97. The van der Waals surface area contributed by atoms with Crippen LogP contribution in [0.3, 0.4) is 0 Å². The summed E-state index contributed by atoms with van der Waals surface area (Å²) in [5.74, 6) is -5.63. The molecule has 16 nitrogen and oxygen atoms in total. The first kappa shape index (κ1) is 30.2. The standard InChI is InChI=1S/C19H31N9O7S/c20-10(7-36)15(31)27-12(4-9-6-23-8-25-9)16(32)28-13(5-14(29)30)17(33)26-11(18(34)35)2-1-3-24-19(21)22/h6,8,10-13,36H,1-5,7,20H2,(H,23,25)(H,26,33)(H,27,31)(H,28,32)(H,29,30)(H,34,35)(H4,21,22,24)/t10-,11-,12-,13-/m0/s1. The molecule has 0 aliphatic carbocycles. The second-order valence-corrected chi connectivity index (χ2v) is 8.00. The van der Waals surface area contributed by atoms with Crippen molar-refractivity contribution < 1.29 is 34.2 Å². The van der Waals surface area contributed by atoms with Gasteiger partial charge >= 0.3 is 11.9 Å². The smallest absolute Gasteiger partial charge is 0.326 e. The summed E-state index contributed by atoms with van der Waals surface area (Å²) in [7, 11) is 0. The van der Waals surface area contributed by atoms with Gasteiger partial charge < -0.3 is 48.3 Å². The number of rotatable bonds is 16. The second kappa shape index (κ2) is 15.2. The van der Waals surface area contributed by atoms with Crippen LogP contribution in [0.2, 0.25) is 0 Å². The molecule has 0 bridgehead atoms. The summed E-state index contributed by atoms with van der Waals surface area (Å²) >= 11 is 3.94. The molecule has 0 fully saturated rings. The highest BCUT2D eigenvalue weighted by molar-refractivity contribution is 7.80. The third-order valence-corrected chi connectivity index (χ3v) is 5.11. The number of nitrogens with zero attached hydrogens (tertiary/aromatic N) is 2. The fourth-order valence-corrected chi connectivity index (χ4v) is 3.04. The maximum Gasteiger partial charge on any atom is 0.326 e. The first-order valence-electron chi connectivity index (χ1n) is 10.7. The Kier molecular flexibility index (Phi) is 12.7. The molecule has 0 saturated carbocycles. The van der Waals surface area contributed by atoms with Crippen molar-refractivity contribution in [3.63, 3.8) is 0 Å². The number of carboxylic acids is 2. The number of H-pyrrole nitrogens is 1.